The third-order valence-electron chi connectivity index (χ3n) is 4.33. The summed E-state index contributed by atoms with van der Waals surface area (Å²) in [6.07, 6.45) is 2.29. The normalized spacial score (nSPS) is 22.7. The highest BCUT2D eigenvalue weighted by Gasteiger charge is 2.26. The van der Waals surface area contributed by atoms with Crippen LogP contribution >= 0.6 is 0 Å². The molecule has 0 aromatic heterocycles. The van der Waals surface area contributed by atoms with Gasteiger partial charge < -0.3 is 10.2 Å². The molecule has 0 bridgehead atoms. The molecule has 104 valence electrons. The van der Waals surface area contributed by atoms with Crippen molar-refractivity contribution in [2.24, 2.45) is 0 Å². The van der Waals surface area contributed by atoms with Crippen LogP contribution in [0.1, 0.15) is 12.8 Å². The molecule has 0 atom stereocenters. The number of hydrogen-bond donors (Lipinski definition) is 1. The van der Waals surface area contributed by atoms with Crippen LogP contribution in [0.2, 0.25) is 0 Å². The zero-order valence-electron chi connectivity index (χ0n) is 11.3. The van der Waals surface area contributed by atoms with E-state index in [4.69, 9.17) is 0 Å². The Hall–Kier alpha value is -1.13. The number of para-hydroxylation sites is 1. The van der Waals surface area contributed by atoms with Gasteiger partial charge >= 0.3 is 0 Å². The van der Waals surface area contributed by atoms with Gasteiger partial charge in [0, 0.05) is 45.3 Å². The first kappa shape index (κ1) is 12.9. The summed E-state index contributed by atoms with van der Waals surface area (Å²) in [6, 6.07) is 7.80. The van der Waals surface area contributed by atoms with E-state index in [1.165, 1.54) is 0 Å². The molecule has 0 saturated carbocycles. The van der Waals surface area contributed by atoms with Crippen LogP contribution in [0.5, 0.6) is 0 Å². The fourth-order valence-electron chi connectivity index (χ4n) is 3.23. The zero-order chi connectivity index (χ0) is 13.1. The summed E-state index contributed by atoms with van der Waals surface area (Å²) in [5.74, 6) is -0.0943. The summed E-state index contributed by atoms with van der Waals surface area (Å²) in [6.45, 7) is 6.46. The van der Waals surface area contributed by atoms with Gasteiger partial charge in [-0.2, -0.15) is 0 Å². The van der Waals surface area contributed by atoms with Gasteiger partial charge in [0.15, 0.2) is 0 Å². The minimum Gasteiger partial charge on any atom is -0.369 e. The highest BCUT2D eigenvalue weighted by Crippen LogP contribution is 2.24. The second-order valence-electron chi connectivity index (χ2n) is 5.46. The van der Waals surface area contributed by atoms with E-state index in [1.807, 2.05) is 12.1 Å². The van der Waals surface area contributed by atoms with Gasteiger partial charge in [-0.15, -0.1) is 0 Å². The number of anilines is 1. The molecule has 2 aliphatic heterocycles. The Labute approximate surface area is 114 Å². The molecular weight excluding hydrogens is 241 g/mol. The first-order valence-corrected chi connectivity index (χ1v) is 7.29. The summed E-state index contributed by atoms with van der Waals surface area (Å²) in [5, 5.41) is 3.39. The van der Waals surface area contributed by atoms with E-state index >= 15 is 0 Å². The van der Waals surface area contributed by atoms with Gasteiger partial charge in [0.1, 0.15) is 5.82 Å². The van der Waals surface area contributed by atoms with Gasteiger partial charge in [0.2, 0.25) is 0 Å². The lowest BCUT2D eigenvalue weighted by atomic mass is 10.0. The third-order valence-corrected chi connectivity index (χ3v) is 4.33. The van der Waals surface area contributed by atoms with Crippen molar-refractivity contribution >= 4 is 5.69 Å². The maximum atomic E-state index is 13.8. The number of benzene rings is 1. The topological polar surface area (TPSA) is 18.5 Å². The van der Waals surface area contributed by atoms with E-state index in [9.17, 15) is 4.39 Å². The SMILES string of the molecule is Fc1ccccc1N1CCC(N2CCNCC2)CC1. The van der Waals surface area contributed by atoms with Crippen molar-refractivity contribution in [3.63, 3.8) is 0 Å². The molecule has 0 unspecified atom stereocenters. The monoisotopic (exact) mass is 263 g/mol. The third kappa shape index (κ3) is 2.90. The van der Waals surface area contributed by atoms with Gasteiger partial charge in [0.25, 0.3) is 0 Å². The second kappa shape index (κ2) is 5.88. The minimum absolute atomic E-state index is 0.0943. The van der Waals surface area contributed by atoms with Gasteiger partial charge in [-0.05, 0) is 25.0 Å². The summed E-state index contributed by atoms with van der Waals surface area (Å²) < 4.78 is 13.8. The number of rotatable bonds is 2. The van der Waals surface area contributed by atoms with Gasteiger partial charge in [-0.3, -0.25) is 4.90 Å². The molecule has 4 heteroatoms. The molecule has 0 amide bonds. The molecule has 2 heterocycles. The zero-order valence-corrected chi connectivity index (χ0v) is 11.3. The molecular formula is C15H22FN3. The summed E-state index contributed by atoms with van der Waals surface area (Å²) in [5.41, 5.74) is 0.765. The lowest BCUT2D eigenvalue weighted by molar-refractivity contribution is 0.150. The maximum absolute atomic E-state index is 13.8. The van der Waals surface area contributed by atoms with Crippen LogP contribution in [0, 0.1) is 5.82 Å². The number of piperazine rings is 1. The molecule has 2 fully saturated rings. The Morgan fingerprint density at radius 1 is 1.00 bits per heavy atom. The highest BCUT2D eigenvalue weighted by atomic mass is 19.1. The van der Waals surface area contributed by atoms with Crippen molar-refractivity contribution in [1.82, 2.24) is 10.2 Å². The molecule has 0 spiro atoms. The van der Waals surface area contributed by atoms with Crippen LogP contribution in [0.4, 0.5) is 10.1 Å². The van der Waals surface area contributed by atoms with Crippen molar-refractivity contribution in [3.05, 3.63) is 30.1 Å². The van der Waals surface area contributed by atoms with Crippen LogP contribution in [0.25, 0.3) is 0 Å². The van der Waals surface area contributed by atoms with E-state index in [-0.39, 0.29) is 5.82 Å². The van der Waals surface area contributed by atoms with Gasteiger partial charge in [-0.1, -0.05) is 12.1 Å². The predicted molar refractivity (Wildman–Crippen MR) is 76.1 cm³/mol. The Bertz CT molecular complexity index is 410. The number of piperidine rings is 1. The average molecular weight is 263 g/mol. The molecule has 3 nitrogen and oxygen atoms in total. The fraction of sp³-hybridized carbons (Fsp3) is 0.600. The van der Waals surface area contributed by atoms with Crippen LogP contribution in [-0.4, -0.2) is 50.2 Å². The summed E-state index contributed by atoms with van der Waals surface area (Å²) in [4.78, 5) is 4.78. The Morgan fingerprint density at radius 3 is 2.37 bits per heavy atom. The summed E-state index contributed by atoms with van der Waals surface area (Å²) >= 11 is 0. The number of nitrogens with one attached hydrogen (secondary N) is 1. The van der Waals surface area contributed by atoms with E-state index in [0.717, 1.165) is 57.8 Å². The van der Waals surface area contributed by atoms with Crippen molar-refractivity contribution in [2.75, 3.05) is 44.2 Å². The van der Waals surface area contributed by atoms with E-state index in [0.29, 0.717) is 6.04 Å². The number of nitrogens with zero attached hydrogens (tertiary/aromatic N) is 2. The van der Waals surface area contributed by atoms with Crippen LogP contribution in [0.15, 0.2) is 24.3 Å². The summed E-state index contributed by atoms with van der Waals surface area (Å²) in [7, 11) is 0. The molecule has 2 saturated heterocycles. The van der Waals surface area contributed by atoms with Gasteiger partial charge in [0.05, 0.1) is 5.69 Å². The van der Waals surface area contributed by atoms with E-state index in [1.54, 1.807) is 12.1 Å². The molecule has 2 aliphatic rings. The van der Waals surface area contributed by atoms with Crippen LogP contribution in [-0.2, 0) is 0 Å². The maximum Gasteiger partial charge on any atom is 0.146 e. The molecule has 0 radical (unpaired) electrons. The van der Waals surface area contributed by atoms with E-state index in [2.05, 4.69) is 15.1 Å². The Kier molecular flexibility index (Phi) is 3.99. The largest absolute Gasteiger partial charge is 0.369 e. The lowest BCUT2D eigenvalue weighted by Crippen LogP contribution is -2.52. The van der Waals surface area contributed by atoms with Crippen molar-refractivity contribution in [3.8, 4) is 0 Å². The standard InChI is InChI=1S/C15H22FN3/c16-14-3-1-2-4-15(14)19-9-5-13(6-10-19)18-11-7-17-8-12-18/h1-4,13,17H,5-12H2. The van der Waals surface area contributed by atoms with Crippen LogP contribution < -0.4 is 10.2 Å². The molecule has 0 aliphatic carbocycles. The first-order valence-electron chi connectivity index (χ1n) is 7.29. The average Bonchev–Trinajstić information content (AvgIpc) is 2.49. The molecule has 1 aromatic rings. The lowest BCUT2D eigenvalue weighted by Gasteiger charge is -2.41. The van der Waals surface area contributed by atoms with Crippen LogP contribution in [0.3, 0.4) is 0 Å². The van der Waals surface area contributed by atoms with Crippen molar-refractivity contribution in [1.29, 1.82) is 0 Å². The molecule has 1 N–H and O–H groups in total. The quantitative estimate of drug-likeness (QED) is 0.876. The number of hydrogen-bond acceptors (Lipinski definition) is 3. The fourth-order valence-corrected chi connectivity index (χ4v) is 3.23. The van der Waals surface area contributed by atoms with Crippen molar-refractivity contribution < 1.29 is 4.39 Å². The molecule has 19 heavy (non-hydrogen) atoms. The minimum atomic E-state index is -0.0943. The Balaban J connectivity index is 1.58. The molecule has 1 aromatic carbocycles. The van der Waals surface area contributed by atoms with Gasteiger partial charge in [-0.25, -0.2) is 4.39 Å². The van der Waals surface area contributed by atoms with Crippen molar-refractivity contribution in [2.45, 2.75) is 18.9 Å². The Morgan fingerprint density at radius 2 is 1.68 bits per heavy atom. The first-order chi connectivity index (χ1) is 9.34. The van der Waals surface area contributed by atoms with E-state index < -0.39 is 0 Å². The molecule has 3 rings (SSSR count). The smallest absolute Gasteiger partial charge is 0.146 e. The predicted octanol–water partition coefficient (Wildman–Crippen LogP) is 1.70. The highest BCUT2D eigenvalue weighted by molar-refractivity contribution is 5.47. The number of halogens is 1. The second-order valence-corrected chi connectivity index (χ2v) is 5.46.